The van der Waals surface area contributed by atoms with E-state index >= 15 is 0 Å². The second kappa shape index (κ2) is 5.95. The van der Waals surface area contributed by atoms with E-state index in [-0.39, 0.29) is 0 Å². The Morgan fingerprint density at radius 1 is 1.39 bits per heavy atom. The van der Waals surface area contributed by atoms with Crippen LogP contribution in [0.3, 0.4) is 0 Å². The topological polar surface area (TPSA) is 88.6 Å². The van der Waals surface area contributed by atoms with Crippen molar-refractivity contribution in [2.24, 2.45) is 0 Å². The minimum absolute atomic E-state index is 0.568. The van der Waals surface area contributed by atoms with Crippen LogP contribution in [0.5, 0.6) is 5.88 Å². The summed E-state index contributed by atoms with van der Waals surface area (Å²) in [7, 11) is 0. The van der Waals surface area contributed by atoms with Crippen molar-refractivity contribution in [1.82, 2.24) is 25.1 Å². The van der Waals surface area contributed by atoms with Gasteiger partial charge in [0.25, 0.3) is 0 Å². The Labute approximate surface area is 105 Å². The zero-order valence-electron chi connectivity index (χ0n) is 10.5. The molecule has 2 aromatic rings. The summed E-state index contributed by atoms with van der Waals surface area (Å²) in [5.41, 5.74) is 0.871. The first-order chi connectivity index (χ1) is 8.78. The maximum Gasteiger partial charge on any atom is 0.226 e. The Morgan fingerprint density at radius 2 is 2.28 bits per heavy atom. The zero-order valence-corrected chi connectivity index (χ0v) is 10.5. The maximum atomic E-state index is 5.36. The van der Waals surface area contributed by atoms with Crippen molar-refractivity contribution >= 4 is 5.95 Å². The summed E-state index contributed by atoms with van der Waals surface area (Å²) in [6.45, 7) is 5.11. The summed E-state index contributed by atoms with van der Waals surface area (Å²) in [6.07, 6.45) is 2.23. The fraction of sp³-hybridized carbons (Fsp3) is 0.455. The molecule has 18 heavy (non-hydrogen) atoms. The summed E-state index contributed by atoms with van der Waals surface area (Å²) in [4.78, 5) is 12.6. The highest BCUT2D eigenvalue weighted by Crippen LogP contribution is 2.11. The molecule has 2 aromatic heterocycles. The Balaban J connectivity index is 1.92. The highest BCUT2D eigenvalue weighted by Gasteiger charge is 2.03. The number of hydrogen-bond donors (Lipinski definition) is 2. The normalized spacial score (nSPS) is 10.3. The second-order valence-electron chi connectivity index (χ2n) is 3.71. The predicted octanol–water partition coefficient (Wildman–Crippen LogP) is 0.956. The van der Waals surface area contributed by atoms with Gasteiger partial charge in [0.15, 0.2) is 0 Å². The van der Waals surface area contributed by atoms with Gasteiger partial charge in [-0.15, -0.1) is 0 Å². The lowest BCUT2D eigenvalue weighted by Crippen LogP contribution is -2.10. The molecule has 0 bridgehead atoms. The van der Waals surface area contributed by atoms with Crippen LogP contribution in [0, 0.1) is 6.92 Å². The number of H-pyrrole nitrogens is 1. The maximum absolute atomic E-state index is 5.36. The van der Waals surface area contributed by atoms with Crippen LogP contribution in [0.1, 0.15) is 18.4 Å². The molecular formula is C11H16N6O. The Kier molecular flexibility index (Phi) is 4.06. The standard InChI is InChI=1S/C11H16N6O/c1-3-18-10-6-8(2)15-11(16-10)12-5-4-9-13-7-14-17-9/h6-7H,3-5H2,1-2H3,(H,12,15,16)(H,13,14,17). The van der Waals surface area contributed by atoms with Gasteiger partial charge in [0.1, 0.15) is 12.2 Å². The SMILES string of the molecule is CCOc1cc(C)nc(NCCc2ncn[nH]2)n1. The number of aromatic amines is 1. The van der Waals surface area contributed by atoms with Gasteiger partial charge in [-0.25, -0.2) is 9.97 Å². The molecule has 2 heterocycles. The Bertz CT molecular complexity index is 484. The van der Waals surface area contributed by atoms with Crippen molar-refractivity contribution < 1.29 is 4.74 Å². The smallest absolute Gasteiger partial charge is 0.226 e. The molecule has 0 aliphatic heterocycles. The molecule has 0 aromatic carbocycles. The number of anilines is 1. The quantitative estimate of drug-likeness (QED) is 0.791. The van der Waals surface area contributed by atoms with E-state index in [2.05, 4.69) is 30.5 Å². The summed E-state index contributed by atoms with van der Waals surface area (Å²) in [5.74, 6) is 1.99. The molecule has 0 aliphatic carbocycles. The molecule has 0 atom stereocenters. The minimum Gasteiger partial charge on any atom is -0.478 e. The zero-order chi connectivity index (χ0) is 12.8. The summed E-state index contributed by atoms with van der Waals surface area (Å²) < 4.78 is 5.36. The first-order valence-corrected chi connectivity index (χ1v) is 5.84. The van der Waals surface area contributed by atoms with E-state index in [1.54, 1.807) is 0 Å². The van der Waals surface area contributed by atoms with Crippen molar-refractivity contribution in [2.45, 2.75) is 20.3 Å². The lowest BCUT2D eigenvalue weighted by molar-refractivity contribution is 0.326. The van der Waals surface area contributed by atoms with Gasteiger partial charge >= 0.3 is 0 Å². The molecule has 2 rings (SSSR count). The van der Waals surface area contributed by atoms with Gasteiger partial charge in [-0.2, -0.15) is 10.1 Å². The van der Waals surface area contributed by atoms with E-state index in [0.717, 1.165) is 17.9 Å². The molecule has 7 heteroatoms. The van der Waals surface area contributed by atoms with E-state index in [1.165, 1.54) is 6.33 Å². The van der Waals surface area contributed by atoms with Gasteiger partial charge in [-0.1, -0.05) is 0 Å². The second-order valence-corrected chi connectivity index (χ2v) is 3.71. The molecule has 0 unspecified atom stereocenters. The Morgan fingerprint density at radius 3 is 3.00 bits per heavy atom. The minimum atomic E-state index is 0.568. The van der Waals surface area contributed by atoms with Crippen LogP contribution < -0.4 is 10.1 Å². The molecule has 0 fully saturated rings. The van der Waals surface area contributed by atoms with Crippen LogP contribution in [-0.4, -0.2) is 38.3 Å². The van der Waals surface area contributed by atoms with Gasteiger partial charge in [0.2, 0.25) is 11.8 Å². The number of aryl methyl sites for hydroxylation is 1. The van der Waals surface area contributed by atoms with E-state index in [4.69, 9.17) is 4.74 Å². The third-order valence-corrected chi connectivity index (χ3v) is 2.23. The number of nitrogens with one attached hydrogen (secondary N) is 2. The van der Waals surface area contributed by atoms with Gasteiger partial charge in [0.05, 0.1) is 6.61 Å². The summed E-state index contributed by atoms with van der Waals surface area (Å²) >= 11 is 0. The predicted molar refractivity (Wildman–Crippen MR) is 66.5 cm³/mol. The highest BCUT2D eigenvalue weighted by molar-refractivity contribution is 5.30. The van der Waals surface area contributed by atoms with Crippen LogP contribution in [0.4, 0.5) is 5.95 Å². The molecule has 0 saturated heterocycles. The van der Waals surface area contributed by atoms with Gasteiger partial charge in [-0.3, -0.25) is 5.10 Å². The van der Waals surface area contributed by atoms with Crippen LogP contribution in [-0.2, 0) is 6.42 Å². The fourth-order valence-corrected chi connectivity index (χ4v) is 1.48. The Hall–Kier alpha value is -2.18. The fourth-order valence-electron chi connectivity index (χ4n) is 1.48. The van der Waals surface area contributed by atoms with Crippen molar-refractivity contribution in [1.29, 1.82) is 0 Å². The first-order valence-electron chi connectivity index (χ1n) is 5.84. The lowest BCUT2D eigenvalue weighted by Gasteiger charge is -2.07. The van der Waals surface area contributed by atoms with Crippen molar-refractivity contribution in [3.63, 3.8) is 0 Å². The average molecular weight is 248 g/mol. The number of ether oxygens (including phenoxy) is 1. The molecule has 96 valence electrons. The van der Waals surface area contributed by atoms with Gasteiger partial charge < -0.3 is 10.1 Å². The lowest BCUT2D eigenvalue weighted by atomic mass is 10.4. The van der Waals surface area contributed by atoms with Gasteiger partial charge in [0, 0.05) is 24.7 Å². The number of nitrogens with zero attached hydrogens (tertiary/aromatic N) is 4. The largest absolute Gasteiger partial charge is 0.478 e. The highest BCUT2D eigenvalue weighted by atomic mass is 16.5. The van der Waals surface area contributed by atoms with E-state index < -0.39 is 0 Å². The van der Waals surface area contributed by atoms with Gasteiger partial charge in [-0.05, 0) is 13.8 Å². The van der Waals surface area contributed by atoms with Crippen molar-refractivity contribution in [2.75, 3.05) is 18.5 Å². The third kappa shape index (κ3) is 3.41. The van der Waals surface area contributed by atoms with Crippen LogP contribution in [0.2, 0.25) is 0 Å². The van der Waals surface area contributed by atoms with Crippen molar-refractivity contribution in [3.05, 3.63) is 23.9 Å². The van der Waals surface area contributed by atoms with Crippen LogP contribution in [0.15, 0.2) is 12.4 Å². The monoisotopic (exact) mass is 248 g/mol. The summed E-state index contributed by atoms with van der Waals surface area (Å²) in [6, 6.07) is 1.81. The van der Waals surface area contributed by atoms with Crippen LogP contribution in [0.25, 0.3) is 0 Å². The molecule has 0 saturated carbocycles. The number of rotatable bonds is 6. The molecule has 2 N–H and O–H groups in total. The molecule has 0 amide bonds. The molecule has 7 nitrogen and oxygen atoms in total. The third-order valence-electron chi connectivity index (χ3n) is 2.23. The van der Waals surface area contributed by atoms with E-state index in [1.807, 2.05) is 19.9 Å². The number of hydrogen-bond acceptors (Lipinski definition) is 6. The molecule has 0 spiro atoms. The molecule has 0 aliphatic rings. The molecular weight excluding hydrogens is 232 g/mol. The van der Waals surface area contributed by atoms with E-state index in [9.17, 15) is 0 Å². The van der Waals surface area contributed by atoms with Crippen molar-refractivity contribution in [3.8, 4) is 5.88 Å². The summed E-state index contributed by atoms with van der Waals surface area (Å²) in [5, 5.41) is 9.72. The molecule has 0 radical (unpaired) electrons. The van der Waals surface area contributed by atoms with E-state index in [0.29, 0.717) is 25.0 Å². The first kappa shape index (κ1) is 12.3. The number of aromatic nitrogens is 5. The average Bonchev–Trinajstić information content (AvgIpc) is 2.82. The van der Waals surface area contributed by atoms with Crippen LogP contribution >= 0.6 is 0 Å².